The number of carboxylic acids is 1. The summed E-state index contributed by atoms with van der Waals surface area (Å²) in [6, 6.07) is 6.02. The smallest absolute Gasteiger partial charge is 0.346 e. The van der Waals surface area contributed by atoms with E-state index in [9.17, 15) is 9.90 Å². The molecule has 1 aromatic carbocycles. The molecule has 15 heteroatoms. The number of halogens is 1. The van der Waals surface area contributed by atoms with Crippen LogP contribution in [0.15, 0.2) is 31.0 Å². The second-order valence-electron chi connectivity index (χ2n) is 15.3. The Bertz CT molecular complexity index is 1870. The third-order valence-electron chi connectivity index (χ3n) is 9.86. The normalized spacial score (nSPS) is 16.2. The molecular formula is C37H54IN7O6Si. The van der Waals surface area contributed by atoms with Gasteiger partial charge < -0.3 is 23.7 Å². The summed E-state index contributed by atoms with van der Waals surface area (Å²) in [6.07, 6.45) is 5.15. The van der Waals surface area contributed by atoms with Crippen LogP contribution in [0.4, 0.5) is 0 Å². The molecule has 0 radical (unpaired) electrons. The van der Waals surface area contributed by atoms with Crippen LogP contribution in [0.2, 0.25) is 18.1 Å². The van der Waals surface area contributed by atoms with Crippen molar-refractivity contribution in [1.82, 2.24) is 34.2 Å². The summed E-state index contributed by atoms with van der Waals surface area (Å²) >= 11 is 2.27. The van der Waals surface area contributed by atoms with Crippen molar-refractivity contribution in [3.05, 3.63) is 45.9 Å². The topological polar surface area (TPSA) is 131 Å². The molecule has 1 aliphatic rings. The van der Waals surface area contributed by atoms with Crippen molar-refractivity contribution in [2.45, 2.75) is 104 Å². The summed E-state index contributed by atoms with van der Waals surface area (Å²) < 4.78 is 31.2. The summed E-state index contributed by atoms with van der Waals surface area (Å²) in [5, 5.41) is 25.5. The van der Waals surface area contributed by atoms with Gasteiger partial charge in [0.15, 0.2) is 14.5 Å². The van der Waals surface area contributed by atoms with Gasteiger partial charge in [-0.3, -0.25) is 9.58 Å². The van der Waals surface area contributed by atoms with E-state index in [0.29, 0.717) is 43.6 Å². The van der Waals surface area contributed by atoms with Gasteiger partial charge in [0, 0.05) is 32.1 Å². The van der Waals surface area contributed by atoms with E-state index in [-0.39, 0.29) is 23.9 Å². The second kappa shape index (κ2) is 16.4. The lowest BCUT2D eigenvalue weighted by molar-refractivity contribution is -0.146. The molecule has 1 saturated heterocycles. The van der Waals surface area contributed by atoms with Gasteiger partial charge in [0.2, 0.25) is 17.9 Å². The van der Waals surface area contributed by atoms with Gasteiger partial charge in [-0.15, -0.1) is 5.10 Å². The molecule has 284 valence electrons. The Hall–Kier alpha value is -3.25. The quantitative estimate of drug-likeness (QED) is 0.0903. The number of aromatic nitrogens is 6. The van der Waals surface area contributed by atoms with Crippen LogP contribution in [0, 0.1) is 3.57 Å². The molecule has 0 spiro atoms. The first-order valence-corrected chi connectivity index (χ1v) is 21.9. The fraction of sp³-hybridized carbons (Fsp3) is 0.568. The van der Waals surface area contributed by atoms with Crippen LogP contribution in [0.3, 0.4) is 0 Å². The van der Waals surface area contributed by atoms with E-state index >= 15 is 0 Å². The van der Waals surface area contributed by atoms with Gasteiger partial charge in [-0.2, -0.15) is 10.2 Å². The van der Waals surface area contributed by atoms with Gasteiger partial charge in [-0.05, 0) is 105 Å². The maximum Gasteiger partial charge on any atom is 0.346 e. The molecule has 1 aliphatic heterocycles. The number of hydrogen-bond donors (Lipinski definition) is 1. The lowest BCUT2D eigenvalue weighted by atomic mass is 10.1. The first-order valence-electron chi connectivity index (χ1n) is 17.9. The van der Waals surface area contributed by atoms with E-state index < -0.39 is 20.4 Å². The maximum absolute atomic E-state index is 12.7. The zero-order valence-corrected chi connectivity index (χ0v) is 35.1. The van der Waals surface area contributed by atoms with Crippen molar-refractivity contribution in [3.8, 4) is 22.9 Å². The third-order valence-corrected chi connectivity index (χ3v) is 15.5. The van der Waals surface area contributed by atoms with Gasteiger partial charge in [0.1, 0.15) is 0 Å². The van der Waals surface area contributed by atoms with Gasteiger partial charge >= 0.3 is 5.97 Å². The van der Waals surface area contributed by atoms with E-state index in [0.717, 1.165) is 50.7 Å². The average molecular weight is 848 g/mol. The van der Waals surface area contributed by atoms with E-state index in [1.807, 2.05) is 53.4 Å². The molecule has 1 unspecified atom stereocenters. The zero-order valence-electron chi connectivity index (χ0n) is 32.0. The highest BCUT2D eigenvalue weighted by atomic mass is 127. The molecule has 4 heterocycles. The Morgan fingerprint density at radius 1 is 1.23 bits per heavy atom. The highest BCUT2D eigenvalue weighted by Gasteiger charge is 2.37. The molecular weight excluding hydrogens is 793 g/mol. The Balaban J connectivity index is 1.36. The molecule has 5 rings (SSSR count). The lowest BCUT2D eigenvalue weighted by Gasteiger charge is -2.36. The molecule has 0 saturated carbocycles. The number of aryl methyl sites for hydroxylation is 1. The molecule has 13 nitrogen and oxygen atoms in total. The zero-order chi connectivity index (χ0) is 38.0. The number of carboxylic acid groups (broad SMARTS) is 1. The van der Waals surface area contributed by atoms with Crippen molar-refractivity contribution in [2.75, 3.05) is 26.8 Å². The average Bonchev–Trinajstić information content (AvgIpc) is 3.72. The Labute approximate surface area is 321 Å². The molecule has 0 aliphatic carbocycles. The van der Waals surface area contributed by atoms with Gasteiger partial charge in [-0.25, -0.2) is 14.2 Å². The van der Waals surface area contributed by atoms with Crippen LogP contribution in [0.1, 0.15) is 71.5 Å². The number of carbonyl (C=O) groups is 1. The van der Waals surface area contributed by atoms with E-state index in [1.165, 1.54) is 0 Å². The number of hydrogen-bond acceptors (Lipinski definition) is 9. The fourth-order valence-electron chi connectivity index (χ4n) is 5.98. The summed E-state index contributed by atoms with van der Waals surface area (Å²) in [7, 11) is 1.67. The van der Waals surface area contributed by atoms with Crippen LogP contribution in [-0.4, -0.2) is 92.6 Å². The lowest BCUT2D eigenvalue weighted by Crippen LogP contribution is -2.41. The minimum Gasteiger partial charge on any atom is -0.478 e. The summed E-state index contributed by atoms with van der Waals surface area (Å²) in [4.78, 5) is 14.6. The summed E-state index contributed by atoms with van der Waals surface area (Å²) in [5.74, 6) is -0.157. The van der Waals surface area contributed by atoms with Crippen molar-refractivity contribution in [2.24, 2.45) is 7.05 Å². The molecule has 2 atom stereocenters. The SMILES string of the molecule is C=Cc1nn(C2CCCCO2)c2ccc(-c3cnn(C)c3O[C@H](CN(C)Cc3c(I)c(OC(C)C)nn3CCO[Si](C)(C)C(C)(C)C)C(=O)O)cc12. The summed E-state index contributed by atoms with van der Waals surface area (Å²) in [6.45, 7) is 21.4. The van der Waals surface area contributed by atoms with Crippen molar-refractivity contribution in [1.29, 1.82) is 0 Å². The van der Waals surface area contributed by atoms with Crippen molar-refractivity contribution in [3.63, 3.8) is 0 Å². The number of nitrogens with zero attached hydrogens (tertiary/aromatic N) is 7. The van der Waals surface area contributed by atoms with Gasteiger partial charge in [0.25, 0.3) is 0 Å². The monoisotopic (exact) mass is 847 g/mol. The standard InChI is InChI=1S/C37H54IN7O6Si/c1-11-28-26-20-25(15-16-29(26)45(40-28)32-14-12-13-18-48-32)27-21-39-43(8)35(27)51-31(36(46)47)23-42(7)22-30-33(38)34(50-24(2)3)41-44(30)17-19-49-52(9,10)37(4,5)6/h11,15-16,20-21,24,31-32H,1,12-14,17-19,22-23H2,2-10H3,(H,46,47)/t31-,32?/m1/s1. The Morgan fingerprint density at radius 3 is 2.62 bits per heavy atom. The first kappa shape index (κ1) is 39.9. The van der Waals surface area contributed by atoms with E-state index in [1.54, 1.807) is 24.0 Å². The third kappa shape index (κ3) is 8.92. The number of benzene rings is 1. The van der Waals surface area contributed by atoms with Crippen molar-refractivity contribution >= 4 is 53.9 Å². The predicted molar refractivity (Wildman–Crippen MR) is 213 cm³/mol. The summed E-state index contributed by atoms with van der Waals surface area (Å²) in [5.41, 5.74) is 4.14. The molecule has 4 aromatic rings. The highest BCUT2D eigenvalue weighted by Crippen LogP contribution is 2.37. The van der Waals surface area contributed by atoms with Crippen LogP contribution in [0.25, 0.3) is 28.1 Å². The molecule has 0 bridgehead atoms. The van der Waals surface area contributed by atoms with Crippen LogP contribution >= 0.6 is 22.6 Å². The number of aliphatic carboxylic acids is 1. The predicted octanol–water partition coefficient (Wildman–Crippen LogP) is 7.35. The van der Waals surface area contributed by atoms with Crippen LogP contribution in [0.5, 0.6) is 11.8 Å². The largest absolute Gasteiger partial charge is 0.478 e. The second-order valence-corrected chi connectivity index (χ2v) is 21.2. The molecule has 0 amide bonds. The minimum atomic E-state index is -1.95. The first-order chi connectivity index (χ1) is 24.5. The number of ether oxygens (including phenoxy) is 3. The van der Waals surface area contributed by atoms with E-state index in [2.05, 4.69) is 68.1 Å². The number of likely N-dealkylation sites (N-methyl/N-ethyl adjacent to an activating group) is 1. The Kier molecular flexibility index (Phi) is 12.6. The van der Waals surface area contributed by atoms with E-state index in [4.69, 9.17) is 28.8 Å². The number of rotatable bonds is 16. The molecule has 3 aromatic heterocycles. The number of fused-ring (bicyclic) bond motifs is 1. The fourth-order valence-corrected chi connectivity index (χ4v) is 7.69. The van der Waals surface area contributed by atoms with Crippen LogP contribution in [-0.2, 0) is 34.1 Å². The Morgan fingerprint density at radius 2 is 1.98 bits per heavy atom. The molecule has 1 fully saturated rings. The van der Waals surface area contributed by atoms with Gasteiger partial charge in [0.05, 0.1) is 51.5 Å². The van der Waals surface area contributed by atoms with Gasteiger partial charge in [-0.1, -0.05) is 33.4 Å². The molecule has 52 heavy (non-hydrogen) atoms. The highest BCUT2D eigenvalue weighted by molar-refractivity contribution is 14.1. The minimum absolute atomic E-state index is 0.0463. The van der Waals surface area contributed by atoms with Crippen molar-refractivity contribution < 1.29 is 28.5 Å². The van der Waals surface area contributed by atoms with Crippen LogP contribution < -0.4 is 9.47 Å². The molecule has 1 N–H and O–H groups in total. The maximum atomic E-state index is 12.7.